The van der Waals surface area contributed by atoms with E-state index < -0.39 is 6.10 Å². The molecule has 0 saturated heterocycles. The van der Waals surface area contributed by atoms with Crippen molar-refractivity contribution in [2.75, 3.05) is 13.2 Å². The summed E-state index contributed by atoms with van der Waals surface area (Å²) in [4.78, 5) is 38.3. The lowest BCUT2D eigenvalue weighted by Gasteiger charge is -2.18. The Labute approximate surface area is 498 Å². The number of hydrogen-bond donors (Lipinski definition) is 0. The van der Waals surface area contributed by atoms with E-state index >= 15 is 0 Å². The molecule has 0 aromatic heterocycles. The first-order valence-corrected chi connectivity index (χ1v) is 32.6. The largest absolute Gasteiger partial charge is 0.462 e. The molecule has 0 spiro atoms. The van der Waals surface area contributed by atoms with Crippen LogP contribution in [0.1, 0.15) is 265 Å². The summed E-state index contributed by atoms with van der Waals surface area (Å²) in [6.45, 7) is 6.30. The quantitative estimate of drug-likeness (QED) is 0.0261. The Kier molecular flexibility index (Phi) is 62.9. The molecule has 0 fully saturated rings. The van der Waals surface area contributed by atoms with Crippen LogP contribution in [0.2, 0.25) is 0 Å². The minimum absolute atomic E-state index is 0.105. The molecule has 0 aromatic rings. The van der Waals surface area contributed by atoms with E-state index in [0.29, 0.717) is 12.8 Å². The molecule has 81 heavy (non-hydrogen) atoms. The number of rotatable bonds is 57. The van der Waals surface area contributed by atoms with E-state index in [1.54, 1.807) is 0 Å². The minimum atomic E-state index is -0.812. The van der Waals surface area contributed by atoms with Gasteiger partial charge in [-0.1, -0.05) is 268 Å². The van der Waals surface area contributed by atoms with Crippen LogP contribution in [0.3, 0.4) is 0 Å². The number of ether oxygens (including phenoxy) is 3. The maximum absolute atomic E-state index is 12.9. The van der Waals surface area contributed by atoms with Gasteiger partial charge in [0.2, 0.25) is 0 Å². The number of unbranched alkanes of at least 4 members (excludes halogenated alkanes) is 18. The predicted molar refractivity (Wildman–Crippen MR) is 352 cm³/mol. The van der Waals surface area contributed by atoms with Crippen LogP contribution < -0.4 is 0 Å². The number of allylic oxidation sites excluding steroid dienone is 28. The lowest BCUT2D eigenvalue weighted by molar-refractivity contribution is -0.167. The SMILES string of the molecule is CC/C=C\C/C=C\C/C=C\C/C=C\C/C=C\C/C=C\CCCCCCCCCCC(=O)OCC(COC(=O)CCCCCCC/C=C\C/C=C\CCC)OC(=O)CCCCCC/C=C\C/C=C\C/C=C\C/C=C\C/C=C\C/C=C\CC. The molecule has 0 aliphatic carbocycles. The van der Waals surface area contributed by atoms with Crippen LogP contribution in [0.15, 0.2) is 170 Å². The van der Waals surface area contributed by atoms with E-state index in [1.807, 2.05) is 0 Å². The molecule has 6 nitrogen and oxygen atoms in total. The molecule has 6 heteroatoms. The maximum atomic E-state index is 12.9. The first-order valence-electron chi connectivity index (χ1n) is 32.6. The zero-order valence-electron chi connectivity index (χ0n) is 52.0. The van der Waals surface area contributed by atoms with Crippen LogP contribution in [0.4, 0.5) is 0 Å². The van der Waals surface area contributed by atoms with Crippen LogP contribution in [0.5, 0.6) is 0 Å². The second kappa shape index (κ2) is 67.3. The smallest absolute Gasteiger partial charge is 0.306 e. The van der Waals surface area contributed by atoms with Gasteiger partial charge in [-0.15, -0.1) is 0 Å². The molecule has 0 radical (unpaired) electrons. The van der Waals surface area contributed by atoms with Crippen molar-refractivity contribution in [3.8, 4) is 0 Å². The molecule has 1 atom stereocenters. The normalized spacial score (nSPS) is 13.3. The van der Waals surface area contributed by atoms with Gasteiger partial charge in [0.1, 0.15) is 13.2 Å². The van der Waals surface area contributed by atoms with E-state index in [4.69, 9.17) is 14.2 Å². The van der Waals surface area contributed by atoms with Crippen LogP contribution in [-0.2, 0) is 28.6 Å². The summed E-state index contributed by atoms with van der Waals surface area (Å²) >= 11 is 0. The van der Waals surface area contributed by atoms with Gasteiger partial charge in [-0.05, 0) is 148 Å². The van der Waals surface area contributed by atoms with Gasteiger partial charge >= 0.3 is 17.9 Å². The molecule has 0 aromatic carbocycles. The molecular weight excluding hydrogens is 997 g/mol. The zero-order valence-corrected chi connectivity index (χ0v) is 52.0. The van der Waals surface area contributed by atoms with Crippen molar-refractivity contribution in [1.29, 1.82) is 0 Å². The van der Waals surface area contributed by atoms with Crippen molar-refractivity contribution < 1.29 is 28.6 Å². The van der Waals surface area contributed by atoms with Gasteiger partial charge < -0.3 is 14.2 Å². The third-order valence-corrected chi connectivity index (χ3v) is 13.2. The van der Waals surface area contributed by atoms with E-state index in [9.17, 15) is 14.4 Å². The highest BCUT2D eigenvalue weighted by atomic mass is 16.6. The zero-order chi connectivity index (χ0) is 58.5. The standard InChI is InChI=1S/C75H118O6/c1-4-7-10-13-16-19-22-25-27-29-31-33-35-36-37-38-40-41-43-45-47-50-53-56-59-62-65-68-74(77)80-71-72(70-79-73(76)67-64-61-58-55-52-49-24-21-18-15-12-9-6-3)81-75(78)69-66-63-60-57-54-51-48-46-44-42-39-34-32-30-28-26-23-20-17-14-11-8-5-2/h7-8,10-12,15-17,19-21,24-28,31-34,36-37,40-42,44,48,51,72H,4-6,9,13-14,18,22-23,29-30,35,38-39,43,45-47,49-50,52-71H2,1-3H3/b10-7-,11-8-,15-12-,19-16-,20-17-,24-21-,27-25-,28-26-,33-31-,34-32-,37-36-,41-40-,44-42-,51-48-. The Hall–Kier alpha value is -5.23. The first-order chi connectivity index (χ1) is 40.0. The fraction of sp³-hybridized carbons (Fsp3) is 0.587. The maximum Gasteiger partial charge on any atom is 0.306 e. The van der Waals surface area contributed by atoms with Crippen LogP contribution in [0.25, 0.3) is 0 Å². The lowest BCUT2D eigenvalue weighted by Crippen LogP contribution is -2.30. The summed E-state index contributed by atoms with van der Waals surface area (Å²) in [5, 5.41) is 0. The molecule has 0 aliphatic heterocycles. The number of carbonyl (C=O) groups excluding carboxylic acids is 3. The highest BCUT2D eigenvalue weighted by Crippen LogP contribution is 2.14. The van der Waals surface area contributed by atoms with Crippen molar-refractivity contribution in [2.45, 2.75) is 271 Å². The molecule has 0 amide bonds. The van der Waals surface area contributed by atoms with Crippen molar-refractivity contribution in [3.05, 3.63) is 170 Å². The third kappa shape index (κ3) is 65.5. The average molecular weight is 1120 g/mol. The average Bonchev–Trinajstić information content (AvgIpc) is 3.46. The van der Waals surface area contributed by atoms with Crippen LogP contribution in [-0.4, -0.2) is 37.2 Å². The van der Waals surface area contributed by atoms with Crippen molar-refractivity contribution in [2.24, 2.45) is 0 Å². The van der Waals surface area contributed by atoms with Gasteiger partial charge in [0.05, 0.1) is 0 Å². The van der Waals surface area contributed by atoms with Crippen molar-refractivity contribution >= 4 is 17.9 Å². The summed E-state index contributed by atoms with van der Waals surface area (Å²) in [6.07, 6.45) is 99.2. The summed E-state index contributed by atoms with van der Waals surface area (Å²) in [7, 11) is 0. The Morgan fingerprint density at radius 3 is 0.753 bits per heavy atom. The molecule has 0 aliphatic rings. The molecule has 0 heterocycles. The van der Waals surface area contributed by atoms with Crippen molar-refractivity contribution in [3.63, 3.8) is 0 Å². The molecule has 454 valence electrons. The van der Waals surface area contributed by atoms with Gasteiger partial charge in [0.15, 0.2) is 6.10 Å². The number of esters is 3. The summed E-state index contributed by atoms with van der Waals surface area (Å²) in [5.41, 5.74) is 0. The Balaban J connectivity index is 4.44. The van der Waals surface area contributed by atoms with Crippen LogP contribution >= 0.6 is 0 Å². The number of carbonyl (C=O) groups is 3. The Morgan fingerprint density at radius 1 is 0.259 bits per heavy atom. The first kappa shape index (κ1) is 75.8. The topological polar surface area (TPSA) is 78.9 Å². The second-order valence-corrected chi connectivity index (χ2v) is 20.9. The molecule has 0 rings (SSSR count). The molecule has 1 unspecified atom stereocenters. The summed E-state index contributed by atoms with van der Waals surface area (Å²) in [5.74, 6) is -0.957. The second-order valence-electron chi connectivity index (χ2n) is 20.9. The monoisotopic (exact) mass is 1110 g/mol. The molecular formula is C75H118O6. The van der Waals surface area contributed by atoms with Crippen molar-refractivity contribution in [1.82, 2.24) is 0 Å². The van der Waals surface area contributed by atoms with Crippen LogP contribution in [0, 0.1) is 0 Å². The Morgan fingerprint density at radius 2 is 0.481 bits per heavy atom. The minimum Gasteiger partial charge on any atom is -0.462 e. The predicted octanol–water partition coefficient (Wildman–Crippen LogP) is 22.7. The third-order valence-electron chi connectivity index (χ3n) is 13.2. The van der Waals surface area contributed by atoms with Gasteiger partial charge in [-0.3, -0.25) is 14.4 Å². The van der Waals surface area contributed by atoms with Gasteiger partial charge in [-0.2, -0.15) is 0 Å². The van der Waals surface area contributed by atoms with Gasteiger partial charge in [0, 0.05) is 19.3 Å². The van der Waals surface area contributed by atoms with E-state index in [1.165, 1.54) is 38.5 Å². The fourth-order valence-electron chi connectivity index (χ4n) is 8.37. The van der Waals surface area contributed by atoms with E-state index in [0.717, 1.165) is 186 Å². The fourth-order valence-corrected chi connectivity index (χ4v) is 8.37. The molecule has 0 bridgehead atoms. The van der Waals surface area contributed by atoms with E-state index in [2.05, 4.69) is 191 Å². The van der Waals surface area contributed by atoms with Gasteiger partial charge in [-0.25, -0.2) is 0 Å². The number of hydrogen-bond acceptors (Lipinski definition) is 6. The highest BCUT2D eigenvalue weighted by Gasteiger charge is 2.19. The summed E-state index contributed by atoms with van der Waals surface area (Å²) < 4.78 is 16.9. The molecule has 0 saturated carbocycles. The Bertz CT molecular complexity index is 1860. The van der Waals surface area contributed by atoms with Gasteiger partial charge in [0.25, 0.3) is 0 Å². The molecule has 0 N–H and O–H groups in total. The summed E-state index contributed by atoms with van der Waals surface area (Å²) in [6, 6.07) is 0. The lowest BCUT2D eigenvalue weighted by atomic mass is 10.1. The van der Waals surface area contributed by atoms with E-state index in [-0.39, 0.29) is 37.5 Å². The highest BCUT2D eigenvalue weighted by molar-refractivity contribution is 5.71.